The monoisotopic (exact) mass is 430 g/mol. The number of ether oxygens (including phenoxy) is 1. The first-order valence-electron chi connectivity index (χ1n) is 7.61. The van der Waals surface area contributed by atoms with Crippen LogP contribution >= 0.6 is 11.8 Å². The summed E-state index contributed by atoms with van der Waals surface area (Å²) in [5.74, 6) is -5.65. The van der Waals surface area contributed by atoms with Crippen molar-refractivity contribution in [2.24, 2.45) is 0 Å². The van der Waals surface area contributed by atoms with Crippen LogP contribution in [0.3, 0.4) is 0 Å². The van der Waals surface area contributed by atoms with E-state index in [4.69, 9.17) is 4.74 Å². The molecule has 3 rings (SSSR count). The first kappa shape index (κ1) is 20.7. The summed E-state index contributed by atoms with van der Waals surface area (Å²) >= 11 is -0.674. The number of alkyl halides is 7. The molecule has 0 spiro atoms. The van der Waals surface area contributed by atoms with Gasteiger partial charge in [0, 0.05) is 34.1 Å². The van der Waals surface area contributed by atoms with Crippen molar-refractivity contribution >= 4 is 11.8 Å². The van der Waals surface area contributed by atoms with E-state index < -0.39 is 75.3 Å². The molecule has 1 aliphatic rings. The van der Waals surface area contributed by atoms with Gasteiger partial charge in [0.1, 0.15) is 23.4 Å². The maximum Gasteiger partial charge on any atom is 0.446 e. The van der Waals surface area contributed by atoms with Gasteiger partial charge in [0.05, 0.1) is 0 Å². The predicted octanol–water partition coefficient (Wildman–Crippen LogP) is 6.39. The van der Waals surface area contributed by atoms with E-state index in [0.29, 0.717) is 6.07 Å². The van der Waals surface area contributed by atoms with Crippen LogP contribution < -0.4 is 4.74 Å². The van der Waals surface area contributed by atoms with Crippen LogP contribution in [0.4, 0.5) is 35.1 Å². The van der Waals surface area contributed by atoms with Gasteiger partial charge in [-0.25, -0.2) is 22.0 Å². The molecule has 0 aliphatic heterocycles. The molecule has 0 fully saturated rings. The minimum atomic E-state index is -4.79. The molecule has 1 N–H and O–H groups in total. The van der Waals surface area contributed by atoms with E-state index in [0.717, 1.165) is 24.3 Å². The van der Waals surface area contributed by atoms with E-state index in [-0.39, 0.29) is 5.75 Å². The average molecular weight is 430 g/mol. The summed E-state index contributed by atoms with van der Waals surface area (Å²) in [6.45, 7) is 0. The number of fused-ring (bicyclic) bond motifs is 1. The summed E-state index contributed by atoms with van der Waals surface area (Å²) < 4.78 is 110. The predicted molar refractivity (Wildman–Crippen MR) is 83.4 cm³/mol. The molecule has 0 unspecified atom stereocenters. The van der Waals surface area contributed by atoms with Crippen molar-refractivity contribution < 1.29 is 45.0 Å². The van der Waals surface area contributed by atoms with Crippen LogP contribution in [-0.4, -0.2) is 16.5 Å². The van der Waals surface area contributed by atoms with Gasteiger partial charge in [-0.1, -0.05) is 0 Å². The third-order valence-corrected chi connectivity index (χ3v) is 4.77. The third-order valence-electron chi connectivity index (χ3n) is 3.96. The molecule has 152 valence electrons. The number of aliphatic hydroxyl groups is 1. The van der Waals surface area contributed by atoms with Crippen molar-refractivity contribution in [3.63, 3.8) is 0 Å². The molecule has 1 aliphatic carbocycles. The van der Waals surface area contributed by atoms with Crippen molar-refractivity contribution in [3.8, 4) is 11.5 Å². The summed E-state index contributed by atoms with van der Waals surface area (Å²) in [6, 6.07) is 3.82. The Morgan fingerprint density at radius 1 is 1.14 bits per heavy atom. The average Bonchev–Trinajstić information content (AvgIpc) is 2.79. The molecule has 2 aromatic carbocycles. The molecule has 2 aromatic rings. The van der Waals surface area contributed by atoms with Gasteiger partial charge in [0.15, 0.2) is 0 Å². The van der Waals surface area contributed by atoms with Crippen LogP contribution in [-0.2, 0) is 6.42 Å². The summed E-state index contributed by atoms with van der Waals surface area (Å²) in [6.07, 6.45) is -6.65. The number of benzene rings is 2. The molecule has 28 heavy (non-hydrogen) atoms. The van der Waals surface area contributed by atoms with Crippen molar-refractivity contribution in [2.45, 2.75) is 35.3 Å². The molecule has 0 saturated heterocycles. The number of aliphatic hydroxyl groups excluding tert-OH is 1. The van der Waals surface area contributed by atoms with Gasteiger partial charge in [-0.05, 0) is 36.0 Å². The lowest BCUT2D eigenvalue weighted by Gasteiger charge is -2.17. The molecule has 0 saturated carbocycles. The maximum absolute atomic E-state index is 13.9. The van der Waals surface area contributed by atoms with Crippen LogP contribution in [0.15, 0.2) is 35.2 Å². The summed E-state index contributed by atoms with van der Waals surface area (Å²) in [7, 11) is 0. The zero-order valence-corrected chi connectivity index (χ0v) is 14.4. The SMILES string of the molecule is O[C@@H]1c2c(SC(F)(F)F)ccc(Oc3cc(F)cc(C(F)F)c3)c2CC1(F)F. The Kier molecular flexibility index (Phi) is 5.26. The fraction of sp³-hybridized carbons (Fsp3) is 0.294. The van der Waals surface area contributed by atoms with Gasteiger partial charge < -0.3 is 9.84 Å². The molecule has 0 bridgehead atoms. The molecule has 0 aromatic heterocycles. The highest BCUT2D eigenvalue weighted by atomic mass is 32.2. The van der Waals surface area contributed by atoms with E-state index in [2.05, 4.69) is 0 Å². The fourth-order valence-corrected chi connectivity index (χ4v) is 3.58. The number of rotatable bonds is 4. The normalized spacial score (nSPS) is 18.4. The summed E-state index contributed by atoms with van der Waals surface area (Å²) in [5, 5.41) is 9.79. The van der Waals surface area contributed by atoms with Crippen molar-refractivity contribution in [1.29, 1.82) is 0 Å². The van der Waals surface area contributed by atoms with Crippen LogP contribution in [0.25, 0.3) is 0 Å². The number of hydrogen-bond acceptors (Lipinski definition) is 3. The Bertz CT molecular complexity index is 897. The third kappa shape index (κ3) is 4.19. The Balaban J connectivity index is 2.05. The zero-order chi connectivity index (χ0) is 20.9. The second kappa shape index (κ2) is 7.11. The lowest BCUT2D eigenvalue weighted by atomic mass is 10.1. The zero-order valence-electron chi connectivity index (χ0n) is 13.5. The minimum Gasteiger partial charge on any atom is -0.457 e. The van der Waals surface area contributed by atoms with Crippen LogP contribution in [0.2, 0.25) is 0 Å². The molecule has 11 heteroatoms. The number of halogens is 8. The van der Waals surface area contributed by atoms with Gasteiger partial charge in [-0.15, -0.1) is 0 Å². The second-order valence-electron chi connectivity index (χ2n) is 5.97. The fourth-order valence-electron chi connectivity index (χ4n) is 2.85. The first-order valence-corrected chi connectivity index (χ1v) is 8.43. The Hall–Kier alpha value is -2.01. The Morgan fingerprint density at radius 2 is 1.82 bits per heavy atom. The minimum absolute atomic E-state index is 0.386. The van der Waals surface area contributed by atoms with E-state index in [9.17, 15) is 40.2 Å². The Labute approximate surface area is 157 Å². The number of thioether (sulfide) groups is 1. The quantitative estimate of drug-likeness (QED) is 0.450. The van der Waals surface area contributed by atoms with Crippen molar-refractivity contribution in [2.75, 3.05) is 0 Å². The largest absolute Gasteiger partial charge is 0.457 e. The number of hydrogen-bond donors (Lipinski definition) is 1. The lowest BCUT2D eigenvalue weighted by molar-refractivity contribution is -0.0977. The summed E-state index contributed by atoms with van der Waals surface area (Å²) in [5.41, 5.74) is -6.58. The maximum atomic E-state index is 13.9. The second-order valence-corrected chi connectivity index (χ2v) is 7.07. The van der Waals surface area contributed by atoms with E-state index in [1.165, 1.54) is 0 Å². The van der Waals surface area contributed by atoms with Gasteiger partial charge in [0.2, 0.25) is 0 Å². The van der Waals surface area contributed by atoms with Crippen molar-refractivity contribution in [3.05, 3.63) is 52.8 Å². The highest BCUT2D eigenvalue weighted by Crippen LogP contribution is 2.52. The molecular formula is C17H10F8O2S. The topological polar surface area (TPSA) is 29.5 Å². The van der Waals surface area contributed by atoms with E-state index >= 15 is 0 Å². The van der Waals surface area contributed by atoms with Gasteiger partial charge in [-0.3, -0.25) is 0 Å². The van der Waals surface area contributed by atoms with Gasteiger partial charge >= 0.3 is 5.51 Å². The van der Waals surface area contributed by atoms with Gasteiger partial charge in [0.25, 0.3) is 12.3 Å². The summed E-state index contributed by atoms with van der Waals surface area (Å²) in [4.78, 5) is -0.632. The molecule has 0 heterocycles. The van der Waals surface area contributed by atoms with Crippen molar-refractivity contribution in [1.82, 2.24) is 0 Å². The standard InChI is InChI=1S/C17H10F8O2S/c18-8-3-7(15(19)20)4-9(5-8)27-11-1-2-12(28-17(23,24)25)13-10(11)6-16(21,22)14(13)26/h1-5,14-15,26H,6H2/t14-/m1/s1. The van der Waals surface area contributed by atoms with Crippen LogP contribution in [0.5, 0.6) is 11.5 Å². The smallest absolute Gasteiger partial charge is 0.446 e. The molecule has 1 atom stereocenters. The van der Waals surface area contributed by atoms with Crippen LogP contribution in [0, 0.1) is 5.82 Å². The molecule has 0 radical (unpaired) electrons. The van der Waals surface area contributed by atoms with Gasteiger partial charge in [-0.2, -0.15) is 13.2 Å². The Morgan fingerprint density at radius 3 is 2.43 bits per heavy atom. The molecule has 2 nitrogen and oxygen atoms in total. The van der Waals surface area contributed by atoms with E-state index in [1.807, 2.05) is 0 Å². The molecular weight excluding hydrogens is 420 g/mol. The van der Waals surface area contributed by atoms with Crippen LogP contribution in [0.1, 0.15) is 29.2 Å². The first-order chi connectivity index (χ1) is 12.9. The highest BCUT2D eigenvalue weighted by molar-refractivity contribution is 8.00. The highest BCUT2D eigenvalue weighted by Gasteiger charge is 2.50. The lowest BCUT2D eigenvalue weighted by Crippen LogP contribution is -2.21. The van der Waals surface area contributed by atoms with E-state index in [1.54, 1.807) is 0 Å². The molecule has 0 amide bonds.